The minimum absolute atomic E-state index is 0.226. The van der Waals surface area contributed by atoms with Gasteiger partial charge in [-0.25, -0.2) is 13.4 Å². The first-order valence-corrected chi connectivity index (χ1v) is 8.54. The van der Waals surface area contributed by atoms with E-state index in [0.29, 0.717) is 18.7 Å². The summed E-state index contributed by atoms with van der Waals surface area (Å²) in [7, 11) is -2.87. The minimum atomic E-state index is -2.87. The molecule has 5 nitrogen and oxygen atoms in total. The molecule has 0 aromatic carbocycles. The highest BCUT2D eigenvalue weighted by Crippen LogP contribution is 2.19. The van der Waals surface area contributed by atoms with E-state index in [4.69, 9.17) is 0 Å². The van der Waals surface area contributed by atoms with E-state index in [1.807, 2.05) is 12.1 Å². The van der Waals surface area contributed by atoms with E-state index in [9.17, 15) is 8.42 Å². The molecule has 1 fully saturated rings. The maximum Gasteiger partial charge on any atom is 0.152 e. The predicted octanol–water partition coefficient (Wildman–Crippen LogP) is 0.816. The Balaban J connectivity index is 2.16. The first kappa shape index (κ1) is 14.3. The van der Waals surface area contributed by atoms with Crippen molar-refractivity contribution in [3.8, 4) is 0 Å². The fourth-order valence-corrected chi connectivity index (χ4v) is 3.53. The maximum absolute atomic E-state index is 11.6. The van der Waals surface area contributed by atoms with Crippen molar-refractivity contribution in [2.75, 3.05) is 36.0 Å². The Morgan fingerprint density at radius 1 is 1.37 bits per heavy atom. The summed E-state index contributed by atoms with van der Waals surface area (Å²) < 4.78 is 23.3. The van der Waals surface area contributed by atoms with Crippen molar-refractivity contribution in [2.45, 2.75) is 19.9 Å². The first-order valence-electron chi connectivity index (χ1n) is 6.72. The summed E-state index contributed by atoms with van der Waals surface area (Å²) in [5, 5.41) is 3.29. The molecule has 2 rings (SSSR count). The SMILES string of the molecule is CCNCc1cccnc1N1CCCS(=O)(=O)CC1. The van der Waals surface area contributed by atoms with E-state index in [2.05, 4.69) is 22.1 Å². The van der Waals surface area contributed by atoms with E-state index in [0.717, 1.165) is 31.0 Å². The van der Waals surface area contributed by atoms with E-state index < -0.39 is 9.84 Å². The number of hydrogen-bond donors (Lipinski definition) is 1. The fraction of sp³-hybridized carbons (Fsp3) is 0.615. The molecule has 0 saturated carbocycles. The molecule has 0 amide bonds. The molecule has 2 heterocycles. The van der Waals surface area contributed by atoms with Crippen LogP contribution in [0.15, 0.2) is 18.3 Å². The number of anilines is 1. The Labute approximate surface area is 114 Å². The summed E-state index contributed by atoms with van der Waals surface area (Å²) in [5.74, 6) is 1.43. The van der Waals surface area contributed by atoms with Crippen molar-refractivity contribution < 1.29 is 8.42 Å². The number of aromatic nitrogens is 1. The molecule has 0 spiro atoms. The average molecular weight is 283 g/mol. The third-order valence-electron chi connectivity index (χ3n) is 3.29. The molecule has 1 aromatic rings. The van der Waals surface area contributed by atoms with Gasteiger partial charge < -0.3 is 10.2 Å². The standard InChI is InChI=1S/C13H21N3O2S/c1-2-14-11-12-5-3-6-15-13(12)16-7-4-9-19(17,18)10-8-16/h3,5-6,14H,2,4,7-11H2,1H3. The highest BCUT2D eigenvalue weighted by atomic mass is 32.2. The van der Waals surface area contributed by atoms with Crippen LogP contribution < -0.4 is 10.2 Å². The Hall–Kier alpha value is -1.14. The second-order valence-corrected chi connectivity index (χ2v) is 7.06. The molecule has 0 aliphatic carbocycles. The topological polar surface area (TPSA) is 62.3 Å². The Bertz CT molecular complexity index is 516. The van der Waals surface area contributed by atoms with Crippen molar-refractivity contribution in [2.24, 2.45) is 0 Å². The number of nitrogens with zero attached hydrogens (tertiary/aromatic N) is 2. The van der Waals surface area contributed by atoms with Crippen molar-refractivity contribution in [3.63, 3.8) is 0 Å². The van der Waals surface area contributed by atoms with Crippen LogP contribution in [0.25, 0.3) is 0 Å². The lowest BCUT2D eigenvalue weighted by molar-refractivity contribution is 0.597. The molecular weight excluding hydrogens is 262 g/mol. The molecule has 6 heteroatoms. The lowest BCUT2D eigenvalue weighted by Gasteiger charge is -2.23. The summed E-state index contributed by atoms with van der Waals surface area (Å²) in [6.45, 7) is 5.04. The third-order valence-corrected chi connectivity index (χ3v) is 5.00. The number of hydrogen-bond acceptors (Lipinski definition) is 5. The van der Waals surface area contributed by atoms with Crippen molar-refractivity contribution >= 4 is 15.7 Å². The van der Waals surface area contributed by atoms with Crippen molar-refractivity contribution in [1.82, 2.24) is 10.3 Å². The number of sulfone groups is 1. The number of pyridine rings is 1. The Morgan fingerprint density at radius 2 is 2.21 bits per heavy atom. The highest BCUT2D eigenvalue weighted by molar-refractivity contribution is 7.91. The molecule has 19 heavy (non-hydrogen) atoms. The predicted molar refractivity (Wildman–Crippen MR) is 77.1 cm³/mol. The van der Waals surface area contributed by atoms with Crippen LogP contribution in [0.5, 0.6) is 0 Å². The summed E-state index contributed by atoms with van der Waals surface area (Å²) >= 11 is 0. The molecule has 0 bridgehead atoms. The highest BCUT2D eigenvalue weighted by Gasteiger charge is 2.21. The zero-order valence-corrected chi connectivity index (χ0v) is 12.1. The molecule has 0 radical (unpaired) electrons. The summed E-state index contributed by atoms with van der Waals surface area (Å²) in [4.78, 5) is 6.53. The number of rotatable bonds is 4. The van der Waals surface area contributed by atoms with Gasteiger partial charge in [-0.15, -0.1) is 0 Å². The lowest BCUT2D eigenvalue weighted by Crippen LogP contribution is -2.29. The van der Waals surface area contributed by atoms with Crippen LogP contribution in [0.2, 0.25) is 0 Å². The van der Waals surface area contributed by atoms with Gasteiger partial charge in [0.1, 0.15) is 5.82 Å². The van der Waals surface area contributed by atoms with Crippen LogP contribution in [0.3, 0.4) is 0 Å². The van der Waals surface area contributed by atoms with Crippen molar-refractivity contribution in [3.05, 3.63) is 23.9 Å². The van der Waals surface area contributed by atoms with Gasteiger partial charge in [0.15, 0.2) is 9.84 Å². The quantitative estimate of drug-likeness (QED) is 0.886. The second kappa shape index (κ2) is 6.34. The van der Waals surface area contributed by atoms with Crippen LogP contribution in [-0.4, -0.2) is 44.5 Å². The molecule has 1 aliphatic heterocycles. The van der Waals surface area contributed by atoms with E-state index in [1.165, 1.54) is 0 Å². The lowest BCUT2D eigenvalue weighted by atomic mass is 10.2. The first-order chi connectivity index (χ1) is 9.12. The summed E-state index contributed by atoms with van der Waals surface area (Å²) in [5.41, 5.74) is 1.13. The third kappa shape index (κ3) is 3.91. The zero-order chi connectivity index (χ0) is 13.7. The molecule has 0 unspecified atom stereocenters. The normalized spacial score (nSPS) is 19.1. The van der Waals surface area contributed by atoms with Crippen LogP contribution in [0.1, 0.15) is 18.9 Å². The second-order valence-electron chi connectivity index (χ2n) is 4.76. The maximum atomic E-state index is 11.6. The zero-order valence-electron chi connectivity index (χ0n) is 11.3. The largest absolute Gasteiger partial charge is 0.355 e. The van der Waals surface area contributed by atoms with Gasteiger partial charge in [0, 0.05) is 31.4 Å². The monoisotopic (exact) mass is 283 g/mol. The Kier molecular flexibility index (Phi) is 4.76. The molecule has 0 atom stereocenters. The molecule has 1 aromatic heterocycles. The van der Waals surface area contributed by atoms with E-state index >= 15 is 0 Å². The van der Waals surface area contributed by atoms with Gasteiger partial charge >= 0.3 is 0 Å². The molecular formula is C13H21N3O2S. The van der Waals surface area contributed by atoms with Crippen LogP contribution >= 0.6 is 0 Å². The van der Waals surface area contributed by atoms with Gasteiger partial charge in [0.25, 0.3) is 0 Å². The smallest absolute Gasteiger partial charge is 0.152 e. The van der Waals surface area contributed by atoms with Gasteiger partial charge in [-0.3, -0.25) is 0 Å². The molecule has 106 valence electrons. The van der Waals surface area contributed by atoms with Crippen LogP contribution in [-0.2, 0) is 16.4 Å². The molecule has 1 aliphatic rings. The van der Waals surface area contributed by atoms with Gasteiger partial charge in [-0.2, -0.15) is 0 Å². The van der Waals surface area contributed by atoms with E-state index in [1.54, 1.807) is 6.20 Å². The molecule has 1 saturated heterocycles. The van der Waals surface area contributed by atoms with Gasteiger partial charge in [-0.05, 0) is 19.0 Å². The fourth-order valence-electron chi connectivity index (χ4n) is 2.26. The summed E-state index contributed by atoms with van der Waals surface area (Å²) in [6.07, 6.45) is 2.45. The van der Waals surface area contributed by atoms with Gasteiger partial charge in [0.2, 0.25) is 0 Å². The average Bonchev–Trinajstić information content (AvgIpc) is 2.58. The van der Waals surface area contributed by atoms with Crippen molar-refractivity contribution in [1.29, 1.82) is 0 Å². The Morgan fingerprint density at radius 3 is 3.00 bits per heavy atom. The van der Waals surface area contributed by atoms with E-state index in [-0.39, 0.29) is 5.75 Å². The molecule has 1 N–H and O–H groups in total. The minimum Gasteiger partial charge on any atom is -0.355 e. The van der Waals surface area contributed by atoms with Crippen LogP contribution in [0, 0.1) is 0 Å². The van der Waals surface area contributed by atoms with Gasteiger partial charge in [0.05, 0.1) is 11.5 Å². The van der Waals surface area contributed by atoms with Gasteiger partial charge in [-0.1, -0.05) is 13.0 Å². The summed E-state index contributed by atoms with van der Waals surface area (Å²) in [6, 6.07) is 3.97. The number of nitrogens with one attached hydrogen (secondary N) is 1. The van der Waals surface area contributed by atoms with Crippen LogP contribution in [0.4, 0.5) is 5.82 Å².